The number of hydrogen-bond donors (Lipinski definition) is 0. The van der Waals surface area contributed by atoms with Crippen molar-refractivity contribution in [3.8, 4) is 0 Å². The van der Waals surface area contributed by atoms with Crippen LogP contribution in [0.15, 0.2) is 30.3 Å². The lowest BCUT2D eigenvalue weighted by atomic mass is 10.2. The van der Waals surface area contributed by atoms with Gasteiger partial charge < -0.3 is 14.2 Å². The summed E-state index contributed by atoms with van der Waals surface area (Å²) < 4.78 is 41.1. The van der Waals surface area contributed by atoms with Crippen LogP contribution in [0, 0.1) is 0 Å². The third-order valence-corrected chi connectivity index (χ3v) is 4.91. The molecule has 1 aromatic carbocycles. The molecule has 0 N–H and O–H groups in total. The Balaban J connectivity index is 2.43. The quantitative estimate of drug-likeness (QED) is 0.537. The maximum Gasteiger partial charge on any atom is 0.216 e. The number of sulfonamides is 1. The smallest absolute Gasteiger partial charge is 0.216 e. The molecule has 126 valence electrons. The highest BCUT2D eigenvalue weighted by atomic mass is 32.2. The maximum atomic E-state index is 12.2. The van der Waals surface area contributed by atoms with Gasteiger partial charge in [0.1, 0.15) is 0 Å². The highest BCUT2D eigenvalue weighted by Gasteiger charge is 2.21. The molecule has 1 aromatic rings. The van der Waals surface area contributed by atoms with Gasteiger partial charge in [-0.25, -0.2) is 8.42 Å². The van der Waals surface area contributed by atoms with Gasteiger partial charge in [-0.05, 0) is 5.56 Å². The zero-order valence-electron chi connectivity index (χ0n) is 13.2. The topological polar surface area (TPSA) is 65.1 Å². The molecule has 0 aliphatic heterocycles. The average molecular weight is 331 g/mol. The van der Waals surface area contributed by atoms with Gasteiger partial charge in [0, 0.05) is 27.3 Å². The Hall–Kier alpha value is -0.990. The zero-order chi connectivity index (χ0) is 16.3. The summed E-state index contributed by atoms with van der Waals surface area (Å²) in [5.74, 6) is -0.0358. The van der Waals surface area contributed by atoms with Gasteiger partial charge in [-0.3, -0.25) is 0 Å². The summed E-state index contributed by atoms with van der Waals surface area (Å²) in [6.07, 6.45) is 0. The van der Waals surface area contributed by atoms with Crippen LogP contribution in [0.5, 0.6) is 0 Å². The van der Waals surface area contributed by atoms with E-state index in [1.54, 1.807) is 7.11 Å². The summed E-state index contributed by atoms with van der Waals surface area (Å²) >= 11 is 0. The van der Waals surface area contributed by atoms with Gasteiger partial charge in [0.2, 0.25) is 10.0 Å². The summed E-state index contributed by atoms with van der Waals surface area (Å²) in [4.78, 5) is 0. The van der Waals surface area contributed by atoms with Crippen LogP contribution in [0.2, 0.25) is 0 Å². The highest BCUT2D eigenvalue weighted by Crippen LogP contribution is 2.04. The lowest BCUT2D eigenvalue weighted by molar-refractivity contribution is 0.103. The van der Waals surface area contributed by atoms with E-state index in [4.69, 9.17) is 14.2 Å². The van der Waals surface area contributed by atoms with E-state index in [0.717, 1.165) is 5.56 Å². The monoisotopic (exact) mass is 331 g/mol. The van der Waals surface area contributed by atoms with Crippen molar-refractivity contribution in [3.05, 3.63) is 35.9 Å². The minimum atomic E-state index is -3.35. The number of methoxy groups -OCH3 is 2. The molecule has 0 aliphatic rings. The first-order chi connectivity index (χ1) is 10.6. The second-order valence-corrected chi connectivity index (χ2v) is 6.83. The molecule has 0 aliphatic carbocycles. The molecule has 0 aromatic heterocycles. The van der Waals surface area contributed by atoms with Crippen molar-refractivity contribution in [1.29, 1.82) is 0 Å². The number of benzene rings is 1. The Morgan fingerprint density at radius 1 is 0.955 bits per heavy atom. The highest BCUT2D eigenvalue weighted by molar-refractivity contribution is 7.89. The van der Waals surface area contributed by atoms with Gasteiger partial charge in [0.05, 0.1) is 32.2 Å². The second-order valence-electron chi connectivity index (χ2n) is 4.74. The van der Waals surface area contributed by atoms with Crippen LogP contribution >= 0.6 is 0 Å². The van der Waals surface area contributed by atoms with Crippen molar-refractivity contribution in [2.45, 2.75) is 6.61 Å². The SMILES string of the molecule is COCCN(CCOCc1ccccc1)S(=O)(=O)CCOC. The average Bonchev–Trinajstić information content (AvgIpc) is 2.53. The number of rotatable bonds is 12. The predicted molar refractivity (Wildman–Crippen MR) is 85.2 cm³/mol. The van der Waals surface area contributed by atoms with Gasteiger partial charge in [-0.15, -0.1) is 0 Å². The minimum Gasteiger partial charge on any atom is -0.384 e. The van der Waals surface area contributed by atoms with Crippen molar-refractivity contribution in [2.24, 2.45) is 0 Å². The number of hydrogen-bond acceptors (Lipinski definition) is 5. The molecule has 0 bridgehead atoms. The molecule has 0 unspecified atom stereocenters. The fourth-order valence-corrected chi connectivity index (χ4v) is 3.17. The molecule has 0 fully saturated rings. The molecule has 1 rings (SSSR count). The Bertz CT molecular complexity index is 492. The first kappa shape index (κ1) is 19.1. The predicted octanol–water partition coefficient (Wildman–Crippen LogP) is 1.13. The molecular weight excluding hydrogens is 306 g/mol. The third kappa shape index (κ3) is 7.33. The standard InChI is InChI=1S/C15H25NO5S/c1-19-10-8-16(22(17,18)13-12-20-2)9-11-21-14-15-6-4-3-5-7-15/h3-7H,8-14H2,1-2H3. The van der Waals surface area contributed by atoms with Gasteiger partial charge in [0.15, 0.2) is 0 Å². The van der Waals surface area contributed by atoms with Crippen LogP contribution in [-0.4, -0.2) is 65.6 Å². The largest absolute Gasteiger partial charge is 0.384 e. The third-order valence-electron chi connectivity index (χ3n) is 3.08. The van der Waals surface area contributed by atoms with Crippen LogP contribution in [0.4, 0.5) is 0 Å². The van der Waals surface area contributed by atoms with E-state index >= 15 is 0 Å². The summed E-state index contributed by atoms with van der Waals surface area (Å²) in [6, 6.07) is 9.77. The molecular formula is C15H25NO5S. The van der Waals surface area contributed by atoms with E-state index in [-0.39, 0.29) is 12.4 Å². The molecule has 0 spiro atoms. The van der Waals surface area contributed by atoms with Gasteiger partial charge in [0.25, 0.3) is 0 Å². The molecule has 0 heterocycles. The normalized spacial score (nSPS) is 12.0. The van der Waals surface area contributed by atoms with E-state index in [0.29, 0.717) is 32.9 Å². The molecule has 7 heteroatoms. The van der Waals surface area contributed by atoms with Crippen LogP contribution in [0.1, 0.15) is 5.56 Å². The zero-order valence-corrected chi connectivity index (χ0v) is 14.0. The molecule has 0 atom stereocenters. The first-order valence-electron chi connectivity index (χ1n) is 7.17. The Labute approximate surface area is 133 Å². The fraction of sp³-hybridized carbons (Fsp3) is 0.600. The molecule has 0 saturated carbocycles. The first-order valence-corrected chi connectivity index (χ1v) is 8.78. The van der Waals surface area contributed by atoms with Crippen LogP contribution < -0.4 is 0 Å². The van der Waals surface area contributed by atoms with Crippen molar-refractivity contribution in [3.63, 3.8) is 0 Å². The summed E-state index contributed by atoms with van der Waals surface area (Å²) in [5.41, 5.74) is 1.06. The Morgan fingerprint density at radius 2 is 1.59 bits per heavy atom. The van der Waals surface area contributed by atoms with E-state index < -0.39 is 10.0 Å². The Morgan fingerprint density at radius 3 is 2.23 bits per heavy atom. The van der Waals surface area contributed by atoms with Crippen LogP contribution in [-0.2, 0) is 30.8 Å². The fourth-order valence-electron chi connectivity index (χ4n) is 1.83. The van der Waals surface area contributed by atoms with Crippen molar-refractivity contribution in [2.75, 3.05) is 52.9 Å². The second kappa shape index (κ2) is 10.7. The van der Waals surface area contributed by atoms with E-state index in [2.05, 4.69) is 0 Å². The molecule has 6 nitrogen and oxygen atoms in total. The van der Waals surface area contributed by atoms with Crippen LogP contribution in [0.3, 0.4) is 0 Å². The van der Waals surface area contributed by atoms with E-state index in [9.17, 15) is 8.42 Å². The molecule has 0 saturated heterocycles. The van der Waals surface area contributed by atoms with Crippen molar-refractivity contribution < 1.29 is 22.6 Å². The number of ether oxygens (including phenoxy) is 3. The van der Waals surface area contributed by atoms with E-state index in [1.807, 2.05) is 30.3 Å². The Kier molecular flexibility index (Phi) is 9.26. The number of nitrogens with zero attached hydrogens (tertiary/aromatic N) is 1. The summed E-state index contributed by atoms with van der Waals surface area (Å²) in [6.45, 7) is 1.96. The lowest BCUT2D eigenvalue weighted by Gasteiger charge is -2.21. The van der Waals surface area contributed by atoms with Gasteiger partial charge >= 0.3 is 0 Å². The van der Waals surface area contributed by atoms with Crippen LogP contribution in [0.25, 0.3) is 0 Å². The minimum absolute atomic E-state index is 0.0358. The summed E-state index contributed by atoms with van der Waals surface area (Å²) in [5, 5.41) is 0. The molecule has 22 heavy (non-hydrogen) atoms. The van der Waals surface area contributed by atoms with Gasteiger partial charge in [-0.2, -0.15) is 4.31 Å². The van der Waals surface area contributed by atoms with E-state index in [1.165, 1.54) is 11.4 Å². The molecule has 0 amide bonds. The maximum absolute atomic E-state index is 12.2. The molecule has 0 radical (unpaired) electrons. The van der Waals surface area contributed by atoms with Crippen molar-refractivity contribution in [1.82, 2.24) is 4.31 Å². The van der Waals surface area contributed by atoms with Crippen molar-refractivity contribution >= 4 is 10.0 Å². The van der Waals surface area contributed by atoms with Gasteiger partial charge in [-0.1, -0.05) is 30.3 Å². The summed E-state index contributed by atoms with van der Waals surface area (Å²) in [7, 11) is -0.322. The lowest BCUT2D eigenvalue weighted by Crippen LogP contribution is -2.38.